The summed E-state index contributed by atoms with van der Waals surface area (Å²) in [5.41, 5.74) is 10.3. The first-order valence-corrected chi connectivity index (χ1v) is 6.64. The van der Waals surface area contributed by atoms with Crippen LogP contribution in [-0.4, -0.2) is 24.7 Å². The molecule has 0 fully saturated rings. The van der Waals surface area contributed by atoms with Crippen molar-refractivity contribution < 1.29 is 0 Å². The minimum atomic E-state index is 0.185. The van der Waals surface area contributed by atoms with Crippen molar-refractivity contribution in [2.24, 2.45) is 0 Å². The highest BCUT2D eigenvalue weighted by Crippen LogP contribution is 2.26. The van der Waals surface area contributed by atoms with E-state index in [4.69, 9.17) is 5.73 Å². The van der Waals surface area contributed by atoms with Crippen LogP contribution in [0.3, 0.4) is 0 Å². The van der Waals surface area contributed by atoms with Crippen LogP contribution in [0.15, 0.2) is 30.6 Å². The number of rotatable bonds is 2. The first kappa shape index (κ1) is 13.2. The first-order chi connectivity index (χ1) is 10.0. The molecule has 6 heteroatoms. The van der Waals surface area contributed by atoms with E-state index >= 15 is 0 Å². The molecule has 0 bridgehead atoms. The van der Waals surface area contributed by atoms with Gasteiger partial charge in [0.25, 0.3) is 5.95 Å². The van der Waals surface area contributed by atoms with Crippen LogP contribution in [0, 0.1) is 20.8 Å². The summed E-state index contributed by atoms with van der Waals surface area (Å²) in [5, 5.41) is 4.13. The highest BCUT2D eigenvalue weighted by molar-refractivity contribution is 5.66. The molecule has 0 spiro atoms. The van der Waals surface area contributed by atoms with Gasteiger partial charge in [-0.1, -0.05) is 17.7 Å². The van der Waals surface area contributed by atoms with Gasteiger partial charge in [-0.05, 0) is 38.0 Å². The Labute approximate surface area is 122 Å². The summed E-state index contributed by atoms with van der Waals surface area (Å²) in [6.45, 7) is 6.16. The maximum absolute atomic E-state index is 5.83. The van der Waals surface area contributed by atoms with Crippen LogP contribution in [0.5, 0.6) is 0 Å². The van der Waals surface area contributed by atoms with E-state index in [0.717, 1.165) is 16.7 Å². The van der Waals surface area contributed by atoms with Gasteiger partial charge < -0.3 is 5.73 Å². The number of nitrogens with zero attached hydrogens (tertiary/aromatic N) is 5. The lowest BCUT2D eigenvalue weighted by Crippen LogP contribution is -2.09. The molecule has 0 unspecified atom stereocenters. The molecule has 0 atom stereocenters. The van der Waals surface area contributed by atoms with Crippen molar-refractivity contribution in [1.82, 2.24) is 24.7 Å². The standard InChI is InChI=1S/C15H16N6/c1-9-7-10(2)12(11(3)8-9)13-18-14(16)20-15(19-13)21-6-4-5-17-21/h4-8H,1-3H3,(H2,16,18,19,20). The Hall–Kier alpha value is -2.76. The minimum Gasteiger partial charge on any atom is -0.368 e. The molecule has 2 heterocycles. The molecule has 0 saturated heterocycles. The Morgan fingerprint density at radius 2 is 1.71 bits per heavy atom. The van der Waals surface area contributed by atoms with Gasteiger partial charge in [0.05, 0.1) is 0 Å². The van der Waals surface area contributed by atoms with Crippen molar-refractivity contribution in [3.63, 3.8) is 0 Å². The predicted octanol–water partition coefficient (Wildman–Crippen LogP) is 2.23. The molecule has 1 aromatic carbocycles. The van der Waals surface area contributed by atoms with Gasteiger partial charge in [0, 0.05) is 18.0 Å². The van der Waals surface area contributed by atoms with Crippen LogP contribution in [-0.2, 0) is 0 Å². The summed E-state index contributed by atoms with van der Waals surface area (Å²) in [7, 11) is 0. The highest BCUT2D eigenvalue weighted by atomic mass is 15.4. The third kappa shape index (κ3) is 2.47. The van der Waals surface area contributed by atoms with E-state index in [9.17, 15) is 0 Å². The molecule has 2 N–H and O–H groups in total. The maximum Gasteiger partial charge on any atom is 0.255 e. The number of nitrogens with two attached hydrogens (primary N) is 1. The zero-order valence-corrected chi connectivity index (χ0v) is 12.2. The Bertz CT molecular complexity index is 769. The third-order valence-electron chi connectivity index (χ3n) is 3.25. The Morgan fingerprint density at radius 1 is 1.00 bits per heavy atom. The van der Waals surface area contributed by atoms with Crippen LogP contribution in [0.2, 0.25) is 0 Å². The van der Waals surface area contributed by atoms with Crippen LogP contribution < -0.4 is 5.73 Å². The summed E-state index contributed by atoms with van der Waals surface area (Å²) >= 11 is 0. The third-order valence-corrected chi connectivity index (χ3v) is 3.25. The van der Waals surface area contributed by atoms with Crippen molar-refractivity contribution in [1.29, 1.82) is 0 Å². The molecule has 106 valence electrons. The van der Waals surface area contributed by atoms with Crippen LogP contribution in [0.4, 0.5) is 5.95 Å². The van der Waals surface area contributed by atoms with Crippen LogP contribution in [0.25, 0.3) is 17.3 Å². The fourth-order valence-electron chi connectivity index (χ4n) is 2.51. The lowest BCUT2D eigenvalue weighted by atomic mass is 9.99. The molecule has 0 amide bonds. The van der Waals surface area contributed by atoms with Crippen LogP contribution in [0.1, 0.15) is 16.7 Å². The smallest absolute Gasteiger partial charge is 0.255 e. The van der Waals surface area contributed by atoms with E-state index in [0.29, 0.717) is 11.8 Å². The van der Waals surface area contributed by atoms with E-state index in [2.05, 4.69) is 39.1 Å². The fourth-order valence-corrected chi connectivity index (χ4v) is 2.51. The molecule has 0 radical (unpaired) electrons. The Morgan fingerprint density at radius 3 is 2.33 bits per heavy atom. The number of aryl methyl sites for hydroxylation is 3. The number of benzene rings is 1. The van der Waals surface area contributed by atoms with Gasteiger partial charge in [-0.3, -0.25) is 0 Å². The molecule has 2 aromatic heterocycles. The van der Waals surface area contributed by atoms with Crippen LogP contribution >= 0.6 is 0 Å². The van der Waals surface area contributed by atoms with Crippen molar-refractivity contribution >= 4 is 5.95 Å². The summed E-state index contributed by atoms with van der Waals surface area (Å²) in [6.07, 6.45) is 3.44. The first-order valence-electron chi connectivity index (χ1n) is 6.64. The number of nitrogen functional groups attached to an aromatic ring is 1. The largest absolute Gasteiger partial charge is 0.368 e. The monoisotopic (exact) mass is 280 g/mol. The van der Waals surface area contributed by atoms with Crippen molar-refractivity contribution in [2.75, 3.05) is 5.73 Å². The average Bonchev–Trinajstić information content (AvgIpc) is 2.90. The molecule has 0 saturated carbocycles. The average molecular weight is 280 g/mol. The van der Waals surface area contributed by atoms with E-state index in [1.54, 1.807) is 17.1 Å². The normalized spacial score (nSPS) is 10.8. The summed E-state index contributed by atoms with van der Waals surface area (Å²) < 4.78 is 1.57. The van der Waals surface area contributed by atoms with Gasteiger partial charge in [0.1, 0.15) is 0 Å². The second-order valence-electron chi connectivity index (χ2n) is 5.04. The SMILES string of the molecule is Cc1cc(C)c(-c2nc(N)nc(-n3cccn3)n2)c(C)c1. The molecule has 21 heavy (non-hydrogen) atoms. The zero-order chi connectivity index (χ0) is 15.0. The van der Waals surface area contributed by atoms with E-state index in [-0.39, 0.29) is 5.95 Å². The Balaban J connectivity index is 2.20. The molecular formula is C15H16N6. The molecule has 6 nitrogen and oxygen atoms in total. The Kier molecular flexibility index (Phi) is 3.13. The van der Waals surface area contributed by atoms with Gasteiger partial charge in [-0.15, -0.1) is 0 Å². The van der Waals surface area contributed by atoms with Gasteiger partial charge in [0.15, 0.2) is 5.82 Å². The molecule has 3 aromatic rings. The summed E-state index contributed by atoms with van der Waals surface area (Å²) in [5.74, 6) is 1.18. The quantitative estimate of drug-likeness (QED) is 0.778. The predicted molar refractivity (Wildman–Crippen MR) is 81.0 cm³/mol. The molecule has 3 rings (SSSR count). The number of anilines is 1. The van der Waals surface area contributed by atoms with Crippen molar-refractivity contribution in [3.05, 3.63) is 47.3 Å². The lowest BCUT2D eigenvalue weighted by Gasteiger charge is -2.11. The van der Waals surface area contributed by atoms with Gasteiger partial charge >= 0.3 is 0 Å². The second-order valence-corrected chi connectivity index (χ2v) is 5.04. The van der Waals surface area contributed by atoms with Gasteiger partial charge in [0.2, 0.25) is 5.95 Å². The second kappa shape index (κ2) is 4.97. The molecule has 0 aliphatic heterocycles. The van der Waals surface area contributed by atoms with Gasteiger partial charge in [-0.2, -0.15) is 20.1 Å². The molecular weight excluding hydrogens is 264 g/mol. The topological polar surface area (TPSA) is 82.5 Å². The van der Waals surface area contributed by atoms with Gasteiger partial charge in [-0.25, -0.2) is 4.68 Å². The van der Waals surface area contributed by atoms with Crippen molar-refractivity contribution in [3.8, 4) is 17.3 Å². The highest BCUT2D eigenvalue weighted by Gasteiger charge is 2.13. The lowest BCUT2D eigenvalue weighted by molar-refractivity contribution is 0.801. The number of aromatic nitrogens is 5. The zero-order valence-electron chi connectivity index (χ0n) is 12.2. The van der Waals surface area contributed by atoms with E-state index in [1.807, 2.05) is 19.9 Å². The van der Waals surface area contributed by atoms with E-state index < -0.39 is 0 Å². The molecule has 0 aliphatic carbocycles. The summed E-state index contributed by atoms with van der Waals surface area (Å²) in [4.78, 5) is 12.9. The van der Waals surface area contributed by atoms with E-state index in [1.165, 1.54) is 5.56 Å². The fraction of sp³-hybridized carbons (Fsp3) is 0.200. The minimum absolute atomic E-state index is 0.185. The maximum atomic E-state index is 5.83. The summed E-state index contributed by atoms with van der Waals surface area (Å²) in [6, 6.07) is 6.02. The number of hydrogen-bond donors (Lipinski definition) is 1. The number of hydrogen-bond acceptors (Lipinski definition) is 5. The van der Waals surface area contributed by atoms with Crippen molar-refractivity contribution in [2.45, 2.75) is 20.8 Å². The molecule has 0 aliphatic rings.